The zero-order valence-corrected chi connectivity index (χ0v) is 25.2. The molecule has 40 heavy (non-hydrogen) atoms. The van der Waals surface area contributed by atoms with E-state index in [1.807, 2.05) is 71.9 Å². The summed E-state index contributed by atoms with van der Waals surface area (Å²) in [5.74, 6) is -0.693. The van der Waals surface area contributed by atoms with Crippen molar-refractivity contribution in [3.05, 3.63) is 94.5 Å². The van der Waals surface area contributed by atoms with Crippen molar-refractivity contribution >= 4 is 27.5 Å². The molecule has 1 unspecified atom stereocenters. The molecule has 214 valence electrons. The summed E-state index contributed by atoms with van der Waals surface area (Å²) in [6.45, 7) is 11.8. The molecule has 0 saturated carbocycles. The highest BCUT2D eigenvalue weighted by Gasteiger charge is 2.33. The molecule has 3 aromatic carbocycles. The summed E-state index contributed by atoms with van der Waals surface area (Å²) in [6, 6.07) is 18.9. The smallest absolute Gasteiger partial charge is 0.264 e. The lowest BCUT2D eigenvalue weighted by atomic mass is 10.1. The molecule has 0 saturated heterocycles. The van der Waals surface area contributed by atoms with Crippen LogP contribution in [0.4, 0.5) is 5.69 Å². The minimum atomic E-state index is -4.09. The fourth-order valence-corrected chi connectivity index (χ4v) is 5.91. The second kappa shape index (κ2) is 13.6. The van der Waals surface area contributed by atoms with Gasteiger partial charge in [-0.1, -0.05) is 61.9 Å². The van der Waals surface area contributed by atoms with Gasteiger partial charge in [0.1, 0.15) is 12.6 Å². The van der Waals surface area contributed by atoms with Crippen molar-refractivity contribution in [3.63, 3.8) is 0 Å². The van der Waals surface area contributed by atoms with Gasteiger partial charge in [0.2, 0.25) is 11.8 Å². The first kappa shape index (κ1) is 30.9. The Labute approximate surface area is 239 Å². The first-order valence-electron chi connectivity index (χ1n) is 13.8. The quantitative estimate of drug-likeness (QED) is 0.318. The SMILES string of the molecule is CCCNC(=O)C(CC)N(Cc1ccccc1C)C(=O)CN(c1ccc(C)c(C)c1)S(=O)(=O)c1ccc(C)cc1. The average Bonchev–Trinajstić information content (AvgIpc) is 2.93. The molecule has 0 aliphatic rings. The van der Waals surface area contributed by atoms with Gasteiger partial charge in [-0.15, -0.1) is 0 Å². The number of amides is 2. The lowest BCUT2D eigenvalue weighted by Crippen LogP contribution is -2.52. The van der Waals surface area contributed by atoms with Gasteiger partial charge < -0.3 is 10.2 Å². The van der Waals surface area contributed by atoms with Gasteiger partial charge in [-0.25, -0.2) is 8.42 Å². The van der Waals surface area contributed by atoms with Crippen molar-refractivity contribution < 1.29 is 18.0 Å². The van der Waals surface area contributed by atoms with Gasteiger partial charge in [0.05, 0.1) is 10.6 Å². The number of rotatable bonds is 12. The van der Waals surface area contributed by atoms with E-state index in [1.165, 1.54) is 4.90 Å². The third-order valence-electron chi connectivity index (χ3n) is 7.20. The minimum Gasteiger partial charge on any atom is -0.354 e. The molecule has 0 aliphatic carbocycles. The second-order valence-electron chi connectivity index (χ2n) is 10.3. The molecule has 7 nitrogen and oxygen atoms in total. The summed E-state index contributed by atoms with van der Waals surface area (Å²) in [7, 11) is -4.09. The first-order valence-corrected chi connectivity index (χ1v) is 15.2. The Bertz CT molecular complexity index is 1430. The molecular formula is C32H41N3O4S. The zero-order chi connectivity index (χ0) is 29.4. The van der Waals surface area contributed by atoms with Gasteiger partial charge in [0.25, 0.3) is 10.0 Å². The van der Waals surface area contributed by atoms with E-state index in [0.717, 1.165) is 38.5 Å². The van der Waals surface area contributed by atoms with Crippen LogP contribution in [0.3, 0.4) is 0 Å². The van der Waals surface area contributed by atoms with E-state index in [4.69, 9.17) is 0 Å². The van der Waals surface area contributed by atoms with Crippen molar-refractivity contribution in [1.82, 2.24) is 10.2 Å². The number of hydrogen-bond donors (Lipinski definition) is 1. The molecule has 0 spiro atoms. The highest BCUT2D eigenvalue weighted by molar-refractivity contribution is 7.92. The van der Waals surface area contributed by atoms with E-state index in [-0.39, 0.29) is 17.3 Å². The van der Waals surface area contributed by atoms with Gasteiger partial charge in [-0.05, 0) is 87.1 Å². The highest BCUT2D eigenvalue weighted by Crippen LogP contribution is 2.27. The van der Waals surface area contributed by atoms with E-state index < -0.39 is 28.5 Å². The molecule has 0 aliphatic heterocycles. The summed E-state index contributed by atoms with van der Waals surface area (Å²) in [5.41, 5.74) is 5.15. The molecule has 3 rings (SSSR count). The van der Waals surface area contributed by atoms with Crippen LogP contribution in [0.25, 0.3) is 0 Å². The fraction of sp³-hybridized carbons (Fsp3) is 0.375. The van der Waals surface area contributed by atoms with Crippen LogP contribution in [0.2, 0.25) is 0 Å². The molecule has 0 bridgehead atoms. The van der Waals surface area contributed by atoms with E-state index in [1.54, 1.807) is 36.4 Å². The van der Waals surface area contributed by atoms with E-state index in [9.17, 15) is 18.0 Å². The van der Waals surface area contributed by atoms with Gasteiger partial charge in [-0.3, -0.25) is 13.9 Å². The van der Waals surface area contributed by atoms with Crippen LogP contribution in [0.15, 0.2) is 71.6 Å². The van der Waals surface area contributed by atoms with Crippen LogP contribution in [0, 0.1) is 27.7 Å². The summed E-state index contributed by atoms with van der Waals surface area (Å²) in [6.07, 6.45) is 1.16. The molecule has 0 aromatic heterocycles. The van der Waals surface area contributed by atoms with E-state index in [0.29, 0.717) is 18.7 Å². The molecule has 1 N–H and O–H groups in total. The monoisotopic (exact) mass is 563 g/mol. The normalized spacial score (nSPS) is 12.1. The predicted octanol–water partition coefficient (Wildman–Crippen LogP) is 5.45. The van der Waals surface area contributed by atoms with Crippen LogP contribution in [-0.2, 0) is 26.2 Å². The second-order valence-corrected chi connectivity index (χ2v) is 12.1. The van der Waals surface area contributed by atoms with Crippen LogP contribution in [0.5, 0.6) is 0 Å². The molecular weight excluding hydrogens is 522 g/mol. The summed E-state index contributed by atoms with van der Waals surface area (Å²) >= 11 is 0. The predicted molar refractivity (Wildman–Crippen MR) is 161 cm³/mol. The standard InChI is InChI=1S/C32H41N3O4S/c1-7-19-33-32(37)30(8-2)34(21-27-12-10-9-11-25(27)5)31(36)22-35(28-16-15-24(4)26(6)20-28)40(38,39)29-17-13-23(3)14-18-29/h9-18,20,30H,7-8,19,21-22H2,1-6H3,(H,33,37). The van der Waals surface area contributed by atoms with Crippen LogP contribution in [0.1, 0.15) is 54.5 Å². The van der Waals surface area contributed by atoms with Crippen molar-refractivity contribution in [2.24, 2.45) is 0 Å². The maximum absolute atomic E-state index is 14.1. The number of carbonyl (C=O) groups is 2. The Hall–Kier alpha value is -3.65. The van der Waals surface area contributed by atoms with Crippen LogP contribution in [-0.4, -0.2) is 44.3 Å². The zero-order valence-electron chi connectivity index (χ0n) is 24.4. The lowest BCUT2D eigenvalue weighted by molar-refractivity contribution is -0.140. The highest BCUT2D eigenvalue weighted by atomic mass is 32.2. The molecule has 3 aromatic rings. The number of sulfonamides is 1. The third-order valence-corrected chi connectivity index (χ3v) is 8.99. The summed E-state index contributed by atoms with van der Waals surface area (Å²) in [5, 5.41) is 2.91. The topological polar surface area (TPSA) is 86.8 Å². The van der Waals surface area contributed by atoms with Gasteiger partial charge in [-0.2, -0.15) is 0 Å². The Morgan fingerprint density at radius 1 is 0.850 bits per heavy atom. The van der Waals surface area contributed by atoms with Gasteiger partial charge in [0.15, 0.2) is 0 Å². The Morgan fingerprint density at radius 3 is 2.12 bits per heavy atom. The molecule has 0 radical (unpaired) electrons. The van der Waals surface area contributed by atoms with Gasteiger partial charge in [0, 0.05) is 13.1 Å². The number of nitrogens with one attached hydrogen (secondary N) is 1. The van der Waals surface area contributed by atoms with E-state index in [2.05, 4.69) is 5.32 Å². The first-order chi connectivity index (χ1) is 19.0. The number of aryl methyl sites for hydroxylation is 4. The minimum absolute atomic E-state index is 0.0994. The fourth-order valence-electron chi connectivity index (χ4n) is 4.50. The van der Waals surface area contributed by atoms with Gasteiger partial charge >= 0.3 is 0 Å². The van der Waals surface area contributed by atoms with E-state index >= 15 is 0 Å². The number of nitrogens with zero attached hydrogens (tertiary/aromatic N) is 2. The average molecular weight is 564 g/mol. The van der Waals surface area contributed by atoms with Crippen molar-refractivity contribution in [3.8, 4) is 0 Å². The van der Waals surface area contributed by atoms with Crippen molar-refractivity contribution in [2.75, 3.05) is 17.4 Å². The summed E-state index contributed by atoms with van der Waals surface area (Å²) in [4.78, 5) is 29.0. The maximum atomic E-state index is 14.1. The van der Waals surface area contributed by atoms with Crippen molar-refractivity contribution in [2.45, 2.75) is 71.9 Å². The lowest BCUT2D eigenvalue weighted by Gasteiger charge is -2.33. The third kappa shape index (κ3) is 7.30. The molecule has 0 fully saturated rings. The molecule has 0 heterocycles. The number of benzene rings is 3. The molecule has 8 heteroatoms. The maximum Gasteiger partial charge on any atom is 0.264 e. The van der Waals surface area contributed by atoms with Crippen LogP contribution >= 0.6 is 0 Å². The Balaban J connectivity index is 2.09. The Kier molecular flexibility index (Phi) is 10.5. The largest absolute Gasteiger partial charge is 0.354 e. The number of anilines is 1. The number of carbonyl (C=O) groups excluding carboxylic acids is 2. The van der Waals surface area contributed by atoms with Crippen LogP contribution < -0.4 is 9.62 Å². The number of hydrogen-bond acceptors (Lipinski definition) is 4. The summed E-state index contributed by atoms with van der Waals surface area (Å²) < 4.78 is 29.2. The van der Waals surface area contributed by atoms with Crippen molar-refractivity contribution in [1.29, 1.82) is 0 Å². The Morgan fingerprint density at radius 2 is 1.52 bits per heavy atom. The molecule has 2 amide bonds. The molecule has 1 atom stereocenters.